The van der Waals surface area contributed by atoms with E-state index in [0.717, 1.165) is 30.2 Å². The van der Waals surface area contributed by atoms with Gasteiger partial charge in [-0.3, -0.25) is 4.99 Å². The quantitative estimate of drug-likeness (QED) is 0.425. The Balaban J connectivity index is 0.00000264. The number of rotatable bonds is 5. The van der Waals surface area contributed by atoms with Gasteiger partial charge in [0.15, 0.2) is 11.8 Å². The van der Waals surface area contributed by atoms with Crippen molar-refractivity contribution in [2.24, 2.45) is 16.8 Å². The molecule has 7 heteroatoms. The van der Waals surface area contributed by atoms with Crippen LogP contribution >= 0.6 is 24.0 Å². The summed E-state index contributed by atoms with van der Waals surface area (Å²) in [7, 11) is 1.82. The standard InChI is InChI=1S/C16H30N6.HI/c1-5-22-11-19-21-15(22)10-18-16(17-4)20-14-8-6-13(7-9-14)12(2)3;/h11-14H,5-10H2,1-4H3,(H2,17,18,20);1H. The third-order valence-electron chi connectivity index (χ3n) is 4.73. The van der Waals surface area contributed by atoms with E-state index in [2.05, 4.69) is 46.6 Å². The van der Waals surface area contributed by atoms with Gasteiger partial charge < -0.3 is 15.2 Å². The van der Waals surface area contributed by atoms with Crippen molar-refractivity contribution in [3.8, 4) is 0 Å². The summed E-state index contributed by atoms with van der Waals surface area (Å²) in [5, 5.41) is 15.0. The van der Waals surface area contributed by atoms with Crippen molar-refractivity contribution in [2.45, 2.75) is 65.6 Å². The molecule has 1 saturated carbocycles. The van der Waals surface area contributed by atoms with Crippen LogP contribution in [0.4, 0.5) is 0 Å². The SMILES string of the molecule is CCn1cnnc1CNC(=NC)NC1CCC(C(C)C)CC1.I. The molecule has 6 nitrogen and oxygen atoms in total. The van der Waals surface area contributed by atoms with Crippen molar-refractivity contribution in [3.63, 3.8) is 0 Å². The number of nitrogens with zero attached hydrogens (tertiary/aromatic N) is 4. The fourth-order valence-corrected chi connectivity index (χ4v) is 3.16. The van der Waals surface area contributed by atoms with E-state index in [1.165, 1.54) is 25.7 Å². The number of halogens is 1. The van der Waals surface area contributed by atoms with Crippen LogP contribution in [0.5, 0.6) is 0 Å². The number of hydrogen-bond donors (Lipinski definition) is 2. The van der Waals surface area contributed by atoms with Gasteiger partial charge in [-0.25, -0.2) is 0 Å². The van der Waals surface area contributed by atoms with Crippen LogP contribution in [-0.2, 0) is 13.1 Å². The molecule has 0 saturated heterocycles. The highest BCUT2D eigenvalue weighted by Crippen LogP contribution is 2.29. The Morgan fingerprint density at radius 2 is 2.04 bits per heavy atom. The maximum Gasteiger partial charge on any atom is 0.191 e. The first-order chi connectivity index (χ1) is 10.6. The Labute approximate surface area is 157 Å². The van der Waals surface area contributed by atoms with Crippen molar-refractivity contribution in [1.82, 2.24) is 25.4 Å². The predicted molar refractivity (Wildman–Crippen MR) is 105 cm³/mol. The summed E-state index contributed by atoms with van der Waals surface area (Å²) in [6.45, 7) is 8.29. The molecular weight excluding hydrogens is 403 g/mol. The van der Waals surface area contributed by atoms with Crippen LogP contribution in [0.1, 0.15) is 52.3 Å². The zero-order valence-electron chi connectivity index (χ0n) is 14.7. The second-order valence-electron chi connectivity index (χ2n) is 6.46. The number of aliphatic imine (C=N–C) groups is 1. The van der Waals surface area contributed by atoms with Gasteiger partial charge in [-0.1, -0.05) is 13.8 Å². The molecular formula is C16H31IN6. The molecule has 1 heterocycles. The number of aryl methyl sites for hydroxylation is 1. The first-order valence-corrected chi connectivity index (χ1v) is 8.47. The molecule has 0 atom stereocenters. The van der Waals surface area contributed by atoms with Crippen LogP contribution in [0, 0.1) is 11.8 Å². The fraction of sp³-hybridized carbons (Fsp3) is 0.812. The van der Waals surface area contributed by atoms with E-state index in [-0.39, 0.29) is 24.0 Å². The Hall–Kier alpha value is -0.860. The maximum absolute atomic E-state index is 4.33. The van der Waals surface area contributed by atoms with Gasteiger partial charge in [0.05, 0.1) is 6.54 Å². The second-order valence-corrected chi connectivity index (χ2v) is 6.46. The molecule has 0 radical (unpaired) electrons. The molecule has 1 fully saturated rings. The van der Waals surface area contributed by atoms with Crippen molar-refractivity contribution in [3.05, 3.63) is 12.2 Å². The van der Waals surface area contributed by atoms with Crippen molar-refractivity contribution in [2.75, 3.05) is 7.05 Å². The van der Waals surface area contributed by atoms with Gasteiger partial charge in [0.25, 0.3) is 0 Å². The van der Waals surface area contributed by atoms with Crippen LogP contribution in [0.3, 0.4) is 0 Å². The zero-order chi connectivity index (χ0) is 15.9. The lowest BCUT2D eigenvalue weighted by molar-refractivity contribution is 0.250. The highest BCUT2D eigenvalue weighted by atomic mass is 127. The maximum atomic E-state index is 4.33. The molecule has 2 N–H and O–H groups in total. The molecule has 1 aromatic heterocycles. The molecule has 0 aromatic carbocycles. The molecule has 0 amide bonds. The number of guanidine groups is 1. The summed E-state index contributed by atoms with van der Waals surface area (Å²) in [5.74, 6) is 3.49. The lowest BCUT2D eigenvalue weighted by Gasteiger charge is -2.32. The number of aromatic nitrogens is 3. The van der Waals surface area contributed by atoms with E-state index in [1.54, 1.807) is 6.33 Å². The van der Waals surface area contributed by atoms with Crippen LogP contribution in [0.25, 0.3) is 0 Å². The minimum atomic E-state index is 0. The lowest BCUT2D eigenvalue weighted by Crippen LogP contribution is -2.45. The van der Waals surface area contributed by atoms with Crippen molar-refractivity contribution in [1.29, 1.82) is 0 Å². The average Bonchev–Trinajstić information content (AvgIpc) is 2.99. The first-order valence-electron chi connectivity index (χ1n) is 8.47. The summed E-state index contributed by atoms with van der Waals surface area (Å²) in [6.07, 6.45) is 6.86. The lowest BCUT2D eigenvalue weighted by atomic mass is 9.80. The van der Waals surface area contributed by atoms with Crippen LogP contribution in [-0.4, -0.2) is 33.8 Å². The Morgan fingerprint density at radius 1 is 1.35 bits per heavy atom. The van der Waals surface area contributed by atoms with E-state index in [9.17, 15) is 0 Å². The normalized spacial score (nSPS) is 21.9. The van der Waals surface area contributed by atoms with Gasteiger partial charge in [0.1, 0.15) is 6.33 Å². The largest absolute Gasteiger partial charge is 0.354 e. The predicted octanol–water partition coefficient (Wildman–Crippen LogP) is 2.80. The minimum Gasteiger partial charge on any atom is -0.354 e. The van der Waals surface area contributed by atoms with E-state index in [1.807, 2.05) is 11.6 Å². The zero-order valence-corrected chi connectivity index (χ0v) is 17.1. The molecule has 23 heavy (non-hydrogen) atoms. The second kappa shape index (κ2) is 10.1. The third kappa shape index (κ3) is 5.93. The minimum absolute atomic E-state index is 0. The first kappa shape index (κ1) is 20.2. The molecule has 0 bridgehead atoms. The highest BCUT2D eigenvalue weighted by Gasteiger charge is 2.23. The fourth-order valence-electron chi connectivity index (χ4n) is 3.16. The molecule has 1 aliphatic carbocycles. The van der Waals surface area contributed by atoms with Crippen LogP contribution in [0.15, 0.2) is 11.3 Å². The summed E-state index contributed by atoms with van der Waals surface area (Å²) >= 11 is 0. The van der Waals surface area contributed by atoms with Gasteiger partial charge in [-0.15, -0.1) is 34.2 Å². The molecule has 1 aromatic rings. The van der Waals surface area contributed by atoms with Crippen LogP contribution in [0.2, 0.25) is 0 Å². The van der Waals surface area contributed by atoms with Crippen molar-refractivity contribution < 1.29 is 0 Å². The van der Waals surface area contributed by atoms with E-state index < -0.39 is 0 Å². The molecule has 0 unspecified atom stereocenters. The van der Waals surface area contributed by atoms with Gasteiger partial charge in [-0.05, 0) is 44.4 Å². The molecule has 1 aliphatic rings. The number of hydrogen-bond acceptors (Lipinski definition) is 3. The monoisotopic (exact) mass is 434 g/mol. The van der Waals surface area contributed by atoms with Crippen molar-refractivity contribution >= 4 is 29.9 Å². The third-order valence-corrected chi connectivity index (χ3v) is 4.73. The number of nitrogens with one attached hydrogen (secondary N) is 2. The smallest absolute Gasteiger partial charge is 0.191 e. The van der Waals surface area contributed by atoms with Crippen LogP contribution < -0.4 is 10.6 Å². The van der Waals surface area contributed by atoms with Gasteiger partial charge in [0, 0.05) is 19.6 Å². The highest BCUT2D eigenvalue weighted by molar-refractivity contribution is 14.0. The Kier molecular flexibility index (Phi) is 8.86. The molecule has 132 valence electrons. The Morgan fingerprint density at radius 3 is 2.61 bits per heavy atom. The average molecular weight is 434 g/mol. The van der Waals surface area contributed by atoms with E-state index in [0.29, 0.717) is 12.6 Å². The molecule has 0 spiro atoms. The Bertz CT molecular complexity index is 477. The summed E-state index contributed by atoms with van der Waals surface area (Å²) in [6, 6.07) is 0.533. The molecule has 2 rings (SSSR count). The summed E-state index contributed by atoms with van der Waals surface area (Å²) in [5.41, 5.74) is 0. The summed E-state index contributed by atoms with van der Waals surface area (Å²) < 4.78 is 2.04. The van der Waals surface area contributed by atoms with E-state index >= 15 is 0 Å². The molecule has 0 aliphatic heterocycles. The topological polar surface area (TPSA) is 67.1 Å². The van der Waals surface area contributed by atoms with E-state index in [4.69, 9.17) is 0 Å². The summed E-state index contributed by atoms with van der Waals surface area (Å²) in [4.78, 5) is 4.33. The van der Waals surface area contributed by atoms with Gasteiger partial charge in [0.2, 0.25) is 0 Å². The van der Waals surface area contributed by atoms with Gasteiger partial charge >= 0.3 is 0 Å². The van der Waals surface area contributed by atoms with Gasteiger partial charge in [-0.2, -0.15) is 0 Å².